The Kier molecular flexibility index (Phi) is 6.17. The van der Waals surface area contributed by atoms with Crippen LogP contribution in [0.4, 0.5) is 11.6 Å². The van der Waals surface area contributed by atoms with Gasteiger partial charge in [0.25, 0.3) is 0 Å². The van der Waals surface area contributed by atoms with Gasteiger partial charge in [-0.3, -0.25) is 0 Å². The first-order valence-electron chi connectivity index (χ1n) is 10.3. The summed E-state index contributed by atoms with van der Waals surface area (Å²) >= 11 is 0. The highest BCUT2D eigenvalue weighted by Crippen LogP contribution is 2.30. The van der Waals surface area contributed by atoms with Crippen LogP contribution < -0.4 is 10.1 Å². The SMILES string of the molecule is COc1ccc(Nc2oc(-c3ccc(S(=O)(=O)N4CCCC(C)C4)cc3)nc2C#N)cc1. The number of sulfonamides is 1. The van der Waals surface area contributed by atoms with Crippen molar-refractivity contribution in [2.24, 2.45) is 5.92 Å². The van der Waals surface area contributed by atoms with Crippen molar-refractivity contribution in [3.05, 3.63) is 54.2 Å². The zero-order valence-electron chi connectivity index (χ0n) is 17.9. The van der Waals surface area contributed by atoms with Crippen LogP contribution in [0.1, 0.15) is 25.5 Å². The molecule has 1 aliphatic heterocycles. The van der Waals surface area contributed by atoms with E-state index in [0.29, 0.717) is 36.0 Å². The first-order chi connectivity index (χ1) is 15.4. The molecule has 8 nitrogen and oxygen atoms in total. The monoisotopic (exact) mass is 452 g/mol. The molecule has 0 radical (unpaired) electrons. The fraction of sp³-hybridized carbons (Fsp3) is 0.304. The average Bonchev–Trinajstić information content (AvgIpc) is 3.22. The van der Waals surface area contributed by atoms with Crippen molar-refractivity contribution >= 4 is 21.6 Å². The maximum atomic E-state index is 13.0. The van der Waals surface area contributed by atoms with Gasteiger partial charge < -0.3 is 14.5 Å². The smallest absolute Gasteiger partial charge is 0.243 e. The third kappa shape index (κ3) is 4.47. The number of oxazole rings is 1. The van der Waals surface area contributed by atoms with E-state index >= 15 is 0 Å². The molecule has 1 atom stereocenters. The minimum atomic E-state index is -3.54. The van der Waals surface area contributed by atoms with Crippen molar-refractivity contribution in [2.75, 3.05) is 25.5 Å². The van der Waals surface area contributed by atoms with E-state index in [2.05, 4.69) is 17.2 Å². The van der Waals surface area contributed by atoms with Crippen LogP contribution in [-0.4, -0.2) is 37.9 Å². The quantitative estimate of drug-likeness (QED) is 0.591. The normalized spacial score (nSPS) is 17.0. The van der Waals surface area contributed by atoms with E-state index < -0.39 is 10.0 Å². The van der Waals surface area contributed by atoms with Gasteiger partial charge in [-0.05, 0) is 67.3 Å². The maximum Gasteiger partial charge on any atom is 0.243 e. The van der Waals surface area contributed by atoms with Crippen LogP contribution >= 0.6 is 0 Å². The van der Waals surface area contributed by atoms with Crippen LogP contribution in [-0.2, 0) is 10.0 Å². The van der Waals surface area contributed by atoms with Crippen LogP contribution in [0.3, 0.4) is 0 Å². The topological polar surface area (TPSA) is 108 Å². The first-order valence-corrected chi connectivity index (χ1v) is 11.8. The molecule has 4 rings (SSSR count). The molecule has 0 aliphatic carbocycles. The standard InChI is InChI=1S/C23H24N4O4S/c1-16-4-3-13-27(15-16)32(28,29)20-11-5-17(6-12-20)22-26-21(14-24)23(31-22)25-18-7-9-19(30-2)10-8-18/h5-12,16,25H,3-4,13,15H2,1-2H3. The third-order valence-electron chi connectivity index (χ3n) is 5.44. The summed E-state index contributed by atoms with van der Waals surface area (Å²) in [6, 6.07) is 15.6. The molecule has 32 heavy (non-hydrogen) atoms. The Hall–Kier alpha value is -3.35. The van der Waals surface area contributed by atoms with Gasteiger partial charge in [-0.2, -0.15) is 14.6 Å². The molecule has 9 heteroatoms. The fourth-order valence-corrected chi connectivity index (χ4v) is 5.29. The second kappa shape index (κ2) is 9.02. The number of anilines is 2. The molecule has 2 heterocycles. The van der Waals surface area contributed by atoms with E-state index in [0.717, 1.165) is 12.8 Å². The first kappa shape index (κ1) is 21.9. The predicted molar refractivity (Wildman–Crippen MR) is 120 cm³/mol. The highest BCUT2D eigenvalue weighted by Gasteiger charge is 2.28. The number of ether oxygens (including phenoxy) is 1. The van der Waals surface area contributed by atoms with Gasteiger partial charge in [-0.25, -0.2) is 8.42 Å². The lowest BCUT2D eigenvalue weighted by atomic mass is 10.0. The zero-order chi connectivity index (χ0) is 22.7. The molecule has 1 aromatic heterocycles. The van der Waals surface area contributed by atoms with Gasteiger partial charge in [0.2, 0.25) is 27.5 Å². The van der Waals surface area contributed by atoms with Gasteiger partial charge in [0, 0.05) is 24.3 Å². The zero-order valence-corrected chi connectivity index (χ0v) is 18.7. The summed E-state index contributed by atoms with van der Waals surface area (Å²) in [5.74, 6) is 1.51. The molecule has 1 saturated heterocycles. The number of nitrogens with one attached hydrogen (secondary N) is 1. The molecule has 0 bridgehead atoms. The Morgan fingerprint density at radius 2 is 1.91 bits per heavy atom. The fourth-order valence-electron chi connectivity index (χ4n) is 3.69. The molecule has 1 aliphatic rings. The number of benzene rings is 2. The average molecular weight is 453 g/mol. The molecule has 0 amide bonds. The molecule has 1 fully saturated rings. The molecular formula is C23H24N4O4S. The Labute approximate surface area is 187 Å². The number of nitrogens with zero attached hydrogens (tertiary/aromatic N) is 3. The minimum absolute atomic E-state index is 0.106. The molecule has 0 spiro atoms. The molecule has 1 unspecified atom stereocenters. The Morgan fingerprint density at radius 3 is 2.53 bits per heavy atom. The van der Waals surface area contributed by atoms with Crippen LogP contribution in [0.2, 0.25) is 0 Å². The molecule has 3 aromatic rings. The molecular weight excluding hydrogens is 428 g/mol. The van der Waals surface area contributed by atoms with Gasteiger partial charge in [0.05, 0.1) is 12.0 Å². The second-order valence-corrected chi connectivity index (χ2v) is 9.73. The predicted octanol–water partition coefficient (Wildman–Crippen LogP) is 4.39. The van der Waals surface area contributed by atoms with Gasteiger partial charge in [-0.15, -0.1) is 0 Å². The maximum absolute atomic E-state index is 13.0. The lowest BCUT2D eigenvalue weighted by Crippen LogP contribution is -2.39. The number of rotatable bonds is 6. The van der Waals surface area contributed by atoms with Gasteiger partial charge in [0.15, 0.2) is 0 Å². The highest BCUT2D eigenvalue weighted by atomic mass is 32.2. The number of piperidine rings is 1. The van der Waals surface area contributed by atoms with E-state index in [1.807, 2.05) is 6.07 Å². The molecule has 1 N–H and O–H groups in total. The van der Waals surface area contributed by atoms with E-state index in [1.165, 1.54) is 0 Å². The third-order valence-corrected chi connectivity index (χ3v) is 7.32. The summed E-state index contributed by atoms with van der Waals surface area (Å²) in [5, 5.41) is 12.5. The number of nitriles is 1. The summed E-state index contributed by atoms with van der Waals surface area (Å²) in [6.45, 7) is 3.15. The summed E-state index contributed by atoms with van der Waals surface area (Å²) in [4.78, 5) is 4.48. The van der Waals surface area contributed by atoms with E-state index in [-0.39, 0.29) is 22.4 Å². The molecule has 0 saturated carbocycles. The Balaban J connectivity index is 1.55. The van der Waals surface area contributed by atoms with Crippen LogP contribution in [0.15, 0.2) is 57.8 Å². The van der Waals surface area contributed by atoms with Crippen molar-refractivity contribution in [1.82, 2.24) is 9.29 Å². The number of hydrogen-bond acceptors (Lipinski definition) is 7. The highest BCUT2D eigenvalue weighted by molar-refractivity contribution is 7.89. The number of aromatic nitrogens is 1. The van der Waals surface area contributed by atoms with Crippen molar-refractivity contribution in [3.8, 4) is 23.3 Å². The van der Waals surface area contributed by atoms with Crippen molar-refractivity contribution in [1.29, 1.82) is 5.26 Å². The number of methoxy groups -OCH3 is 1. The summed E-state index contributed by atoms with van der Waals surface area (Å²) in [6.07, 6.45) is 1.92. The van der Waals surface area contributed by atoms with Crippen LogP contribution in [0, 0.1) is 17.2 Å². The van der Waals surface area contributed by atoms with Gasteiger partial charge in [0.1, 0.15) is 11.8 Å². The van der Waals surface area contributed by atoms with Crippen LogP contribution in [0.25, 0.3) is 11.5 Å². The van der Waals surface area contributed by atoms with Crippen molar-refractivity contribution < 1.29 is 17.6 Å². The molecule has 2 aromatic carbocycles. The van der Waals surface area contributed by atoms with E-state index in [9.17, 15) is 13.7 Å². The van der Waals surface area contributed by atoms with E-state index in [1.54, 1.807) is 59.9 Å². The summed E-state index contributed by atoms with van der Waals surface area (Å²) in [5.41, 5.74) is 1.40. The lowest BCUT2D eigenvalue weighted by Gasteiger charge is -2.30. The minimum Gasteiger partial charge on any atom is -0.497 e. The largest absolute Gasteiger partial charge is 0.497 e. The van der Waals surface area contributed by atoms with Crippen molar-refractivity contribution in [3.63, 3.8) is 0 Å². The summed E-state index contributed by atoms with van der Waals surface area (Å²) in [7, 11) is -1.95. The van der Waals surface area contributed by atoms with E-state index in [4.69, 9.17) is 9.15 Å². The van der Waals surface area contributed by atoms with Crippen LogP contribution in [0.5, 0.6) is 5.75 Å². The van der Waals surface area contributed by atoms with Gasteiger partial charge in [-0.1, -0.05) is 6.92 Å². The Bertz CT molecular complexity index is 1230. The summed E-state index contributed by atoms with van der Waals surface area (Å²) < 4.78 is 38.4. The van der Waals surface area contributed by atoms with Crippen molar-refractivity contribution in [2.45, 2.75) is 24.7 Å². The Morgan fingerprint density at radius 1 is 1.19 bits per heavy atom. The second-order valence-electron chi connectivity index (χ2n) is 7.80. The number of hydrogen-bond donors (Lipinski definition) is 1. The molecule has 166 valence electrons. The van der Waals surface area contributed by atoms with Gasteiger partial charge >= 0.3 is 0 Å². The lowest BCUT2D eigenvalue weighted by molar-refractivity contribution is 0.281.